The monoisotopic (exact) mass is 253 g/mol. The van der Waals surface area contributed by atoms with Gasteiger partial charge in [-0.2, -0.15) is 0 Å². The van der Waals surface area contributed by atoms with Gasteiger partial charge in [-0.25, -0.2) is 0 Å². The Morgan fingerprint density at radius 1 is 1.32 bits per heavy atom. The largest absolute Gasteiger partial charge is 0.373 e. The number of aldehydes is 1. The van der Waals surface area contributed by atoms with Gasteiger partial charge in [-0.05, 0) is 30.2 Å². The molecule has 0 fully saturated rings. The molecule has 1 aromatic carbocycles. The first-order valence-electron chi connectivity index (χ1n) is 6.49. The van der Waals surface area contributed by atoms with Gasteiger partial charge in [0, 0.05) is 25.2 Å². The number of allylic oxidation sites excluding steroid dienone is 5. The third kappa shape index (κ3) is 3.22. The molecule has 1 atom stereocenters. The zero-order valence-electron chi connectivity index (χ0n) is 11.4. The number of carbonyl (C=O) groups is 1. The molecule has 0 aromatic heterocycles. The zero-order valence-corrected chi connectivity index (χ0v) is 11.4. The minimum absolute atomic E-state index is 0.446. The Morgan fingerprint density at radius 2 is 2.11 bits per heavy atom. The van der Waals surface area contributed by atoms with Crippen LogP contribution in [0, 0.1) is 0 Å². The first-order chi connectivity index (χ1) is 9.22. The van der Waals surface area contributed by atoms with Crippen LogP contribution in [-0.4, -0.2) is 19.9 Å². The predicted octanol–water partition coefficient (Wildman–Crippen LogP) is 3.48. The molecule has 2 nitrogen and oxygen atoms in total. The molecule has 1 unspecified atom stereocenters. The Balaban J connectivity index is 2.06. The normalized spacial score (nSPS) is 19.4. The Morgan fingerprint density at radius 3 is 2.89 bits per heavy atom. The van der Waals surface area contributed by atoms with Crippen LogP contribution in [0.3, 0.4) is 0 Å². The number of hydrogen-bond donors (Lipinski definition) is 0. The van der Waals surface area contributed by atoms with Gasteiger partial charge in [-0.1, -0.05) is 42.5 Å². The molecule has 0 saturated heterocycles. The maximum Gasteiger partial charge on any atom is 0.143 e. The molecule has 2 heteroatoms. The molecule has 0 spiro atoms. The van der Waals surface area contributed by atoms with Crippen molar-refractivity contribution in [3.05, 3.63) is 65.8 Å². The van der Waals surface area contributed by atoms with Crippen molar-refractivity contribution >= 4 is 12.0 Å². The molecule has 1 aliphatic heterocycles. The smallest absolute Gasteiger partial charge is 0.143 e. The van der Waals surface area contributed by atoms with E-state index in [1.54, 1.807) is 6.08 Å². The number of likely N-dealkylation sites (N-methyl/N-ethyl adjacent to an activating group) is 1. The fraction of sp³-hybridized carbons (Fsp3) is 0.235. The first-order valence-corrected chi connectivity index (χ1v) is 6.49. The van der Waals surface area contributed by atoms with Crippen LogP contribution in [0.25, 0.3) is 0 Å². The molecule has 1 aliphatic rings. The van der Waals surface area contributed by atoms with Crippen molar-refractivity contribution in [2.24, 2.45) is 0 Å². The number of fused-ring (bicyclic) bond motifs is 1. The van der Waals surface area contributed by atoms with Crippen molar-refractivity contribution in [1.82, 2.24) is 0 Å². The number of nitrogens with zero attached hydrogens (tertiary/aromatic N) is 1. The maximum absolute atomic E-state index is 10.3. The van der Waals surface area contributed by atoms with Gasteiger partial charge in [0.25, 0.3) is 0 Å². The standard InChI is InChI=1S/C17H19NO/c1-14(11-12-19)7-3-4-8-15-13-18(2)17-10-6-5-9-16(15)17/h3-12,15H,13H2,1-2H3/b7-3+,8-4+,14-11+. The summed E-state index contributed by atoms with van der Waals surface area (Å²) >= 11 is 0. The summed E-state index contributed by atoms with van der Waals surface area (Å²) in [6.07, 6.45) is 10.6. The quantitative estimate of drug-likeness (QED) is 0.465. The van der Waals surface area contributed by atoms with Gasteiger partial charge < -0.3 is 4.90 Å². The Kier molecular flexibility index (Phi) is 4.35. The lowest BCUT2D eigenvalue weighted by Gasteiger charge is -2.10. The highest BCUT2D eigenvalue weighted by Crippen LogP contribution is 2.35. The number of carbonyl (C=O) groups excluding carboxylic acids is 1. The Hall–Kier alpha value is -2.09. The fourth-order valence-corrected chi connectivity index (χ4v) is 2.37. The molecule has 0 radical (unpaired) electrons. The molecule has 0 aliphatic carbocycles. The molecule has 0 N–H and O–H groups in total. The van der Waals surface area contributed by atoms with E-state index < -0.39 is 0 Å². The van der Waals surface area contributed by atoms with Crippen molar-refractivity contribution in [2.75, 3.05) is 18.5 Å². The van der Waals surface area contributed by atoms with Crippen LogP contribution in [0.5, 0.6) is 0 Å². The Bertz CT molecular complexity index is 540. The van der Waals surface area contributed by atoms with E-state index in [4.69, 9.17) is 0 Å². The van der Waals surface area contributed by atoms with Crippen molar-refractivity contribution < 1.29 is 4.79 Å². The van der Waals surface area contributed by atoms with Gasteiger partial charge in [-0.15, -0.1) is 0 Å². The SMILES string of the molecule is CC(/C=C/C=C/C1CN(C)c2ccccc21)=C\C=O. The maximum atomic E-state index is 10.3. The van der Waals surface area contributed by atoms with Crippen LogP contribution in [0.2, 0.25) is 0 Å². The number of para-hydroxylation sites is 1. The molecule has 19 heavy (non-hydrogen) atoms. The summed E-state index contributed by atoms with van der Waals surface area (Å²) < 4.78 is 0. The molecule has 1 aromatic rings. The van der Waals surface area contributed by atoms with E-state index in [0.29, 0.717) is 5.92 Å². The minimum atomic E-state index is 0.446. The van der Waals surface area contributed by atoms with E-state index in [0.717, 1.165) is 18.4 Å². The van der Waals surface area contributed by atoms with Gasteiger partial charge in [0.15, 0.2) is 0 Å². The molecular weight excluding hydrogens is 234 g/mol. The van der Waals surface area contributed by atoms with Gasteiger partial charge in [0.1, 0.15) is 6.29 Å². The third-order valence-electron chi connectivity index (χ3n) is 3.36. The third-order valence-corrected chi connectivity index (χ3v) is 3.36. The van der Waals surface area contributed by atoms with Gasteiger partial charge in [-0.3, -0.25) is 4.79 Å². The fourth-order valence-electron chi connectivity index (χ4n) is 2.37. The van der Waals surface area contributed by atoms with Crippen molar-refractivity contribution in [2.45, 2.75) is 12.8 Å². The topological polar surface area (TPSA) is 20.3 Å². The van der Waals surface area contributed by atoms with Crippen LogP contribution >= 0.6 is 0 Å². The number of anilines is 1. The number of hydrogen-bond acceptors (Lipinski definition) is 2. The lowest BCUT2D eigenvalue weighted by Crippen LogP contribution is -2.14. The van der Waals surface area contributed by atoms with Gasteiger partial charge >= 0.3 is 0 Å². The van der Waals surface area contributed by atoms with Crippen molar-refractivity contribution in [1.29, 1.82) is 0 Å². The number of rotatable bonds is 4. The predicted molar refractivity (Wildman–Crippen MR) is 80.6 cm³/mol. The summed E-state index contributed by atoms with van der Waals surface area (Å²) in [5.41, 5.74) is 3.66. The summed E-state index contributed by atoms with van der Waals surface area (Å²) in [5.74, 6) is 0.446. The van der Waals surface area contributed by atoms with Gasteiger partial charge in [0.05, 0.1) is 0 Å². The summed E-state index contributed by atoms with van der Waals surface area (Å²) in [4.78, 5) is 12.6. The minimum Gasteiger partial charge on any atom is -0.373 e. The molecule has 98 valence electrons. The van der Waals surface area contributed by atoms with Crippen LogP contribution < -0.4 is 4.90 Å². The summed E-state index contributed by atoms with van der Waals surface area (Å²) in [5, 5.41) is 0. The van der Waals surface area contributed by atoms with E-state index in [9.17, 15) is 4.79 Å². The highest BCUT2D eigenvalue weighted by molar-refractivity contribution is 5.67. The summed E-state index contributed by atoms with van der Waals surface area (Å²) in [6.45, 7) is 2.93. The average molecular weight is 253 g/mol. The summed E-state index contributed by atoms with van der Waals surface area (Å²) in [6, 6.07) is 8.52. The van der Waals surface area contributed by atoms with E-state index in [1.165, 1.54) is 11.3 Å². The second-order valence-electron chi connectivity index (χ2n) is 4.84. The van der Waals surface area contributed by atoms with Crippen LogP contribution in [0.15, 0.2) is 60.2 Å². The van der Waals surface area contributed by atoms with E-state index in [2.05, 4.69) is 48.4 Å². The lowest BCUT2D eigenvalue weighted by molar-refractivity contribution is -0.104. The highest BCUT2D eigenvalue weighted by atomic mass is 16.1. The second kappa shape index (κ2) is 6.19. The molecule has 1 heterocycles. The average Bonchev–Trinajstić information content (AvgIpc) is 2.73. The van der Waals surface area contributed by atoms with Gasteiger partial charge in [0.2, 0.25) is 0 Å². The highest BCUT2D eigenvalue weighted by Gasteiger charge is 2.23. The van der Waals surface area contributed by atoms with E-state index in [1.807, 2.05) is 19.1 Å². The molecule has 0 bridgehead atoms. The second-order valence-corrected chi connectivity index (χ2v) is 4.84. The van der Waals surface area contributed by atoms with Crippen molar-refractivity contribution in [3.63, 3.8) is 0 Å². The molecular formula is C17H19NO. The van der Waals surface area contributed by atoms with Crippen LogP contribution in [0.1, 0.15) is 18.4 Å². The van der Waals surface area contributed by atoms with Crippen molar-refractivity contribution in [3.8, 4) is 0 Å². The molecule has 2 rings (SSSR count). The van der Waals surface area contributed by atoms with Crippen LogP contribution in [-0.2, 0) is 4.79 Å². The van der Waals surface area contributed by atoms with Crippen LogP contribution in [0.4, 0.5) is 5.69 Å². The number of benzene rings is 1. The Labute approximate surface area is 114 Å². The molecule has 0 saturated carbocycles. The lowest BCUT2D eigenvalue weighted by atomic mass is 10.0. The van der Waals surface area contributed by atoms with E-state index >= 15 is 0 Å². The first kappa shape index (κ1) is 13.3. The summed E-state index contributed by atoms with van der Waals surface area (Å²) in [7, 11) is 2.12. The van der Waals surface area contributed by atoms with E-state index in [-0.39, 0.29) is 0 Å². The molecule has 0 amide bonds. The zero-order chi connectivity index (χ0) is 13.7.